The van der Waals surface area contributed by atoms with E-state index in [2.05, 4.69) is 10.4 Å². The maximum Gasteiger partial charge on any atom is 0.307 e. The molecule has 4 atom stereocenters. The number of allylic oxidation sites excluding steroid dienone is 2. The Balaban J connectivity index is 1.38. The third-order valence-corrected chi connectivity index (χ3v) is 5.85. The number of carboxylic acid groups (broad SMARTS) is 1. The molecule has 1 aromatic rings. The molecule has 0 saturated heterocycles. The Bertz CT molecular complexity index is 675. The first-order valence-corrected chi connectivity index (χ1v) is 8.86. The highest BCUT2D eigenvalue weighted by Crippen LogP contribution is 2.48. The summed E-state index contributed by atoms with van der Waals surface area (Å²) in [6.45, 7) is 0.364. The molecule has 3 aliphatic rings. The van der Waals surface area contributed by atoms with Crippen molar-refractivity contribution in [2.24, 2.45) is 23.7 Å². The smallest absolute Gasteiger partial charge is 0.307 e. The molecule has 2 N–H and O–H groups in total. The molecule has 24 heavy (non-hydrogen) atoms. The lowest BCUT2D eigenvalue weighted by Crippen LogP contribution is -2.40. The van der Waals surface area contributed by atoms with Gasteiger partial charge in [-0.2, -0.15) is 5.10 Å². The summed E-state index contributed by atoms with van der Waals surface area (Å²) < 4.78 is 2.01. The second-order valence-electron chi connectivity index (χ2n) is 7.28. The first-order valence-electron chi connectivity index (χ1n) is 8.86. The molecule has 6 heteroatoms. The van der Waals surface area contributed by atoms with Crippen LogP contribution in [0.5, 0.6) is 0 Å². The lowest BCUT2D eigenvalue weighted by Gasteiger charge is -2.23. The highest BCUT2D eigenvalue weighted by atomic mass is 16.4. The molecule has 2 bridgehead atoms. The van der Waals surface area contributed by atoms with Gasteiger partial charge in [0, 0.05) is 6.20 Å². The first-order chi connectivity index (χ1) is 11.6. The molecule has 6 nitrogen and oxygen atoms in total. The van der Waals surface area contributed by atoms with Gasteiger partial charge in [-0.3, -0.25) is 14.3 Å². The van der Waals surface area contributed by atoms with E-state index in [1.165, 1.54) is 25.7 Å². The third-order valence-electron chi connectivity index (χ3n) is 5.85. The number of aliphatic carboxylic acids is 1. The summed E-state index contributed by atoms with van der Waals surface area (Å²) in [5.41, 5.74) is 0.834. The van der Waals surface area contributed by atoms with E-state index in [0.717, 1.165) is 12.1 Å². The van der Waals surface area contributed by atoms with Crippen LogP contribution >= 0.6 is 0 Å². The fraction of sp³-hybridized carbons (Fsp3) is 0.611. The van der Waals surface area contributed by atoms with E-state index in [4.69, 9.17) is 0 Å². The van der Waals surface area contributed by atoms with Gasteiger partial charge in [0.25, 0.3) is 0 Å². The Kier molecular flexibility index (Phi) is 3.90. The number of aromatic nitrogens is 2. The maximum atomic E-state index is 12.5. The SMILES string of the molecule is O=C(NCc1ccn(C2CCCC2)n1)[C@@H]1[C@H](C(=O)O)[C@H]2C=C[C@H]1C2. The summed E-state index contributed by atoms with van der Waals surface area (Å²) in [5.74, 6) is -1.99. The molecule has 0 radical (unpaired) electrons. The van der Waals surface area contributed by atoms with Crippen molar-refractivity contribution in [2.75, 3.05) is 0 Å². The van der Waals surface area contributed by atoms with Crippen molar-refractivity contribution >= 4 is 11.9 Å². The molecule has 4 rings (SSSR count). The second kappa shape index (κ2) is 6.07. The zero-order valence-corrected chi connectivity index (χ0v) is 13.6. The zero-order valence-electron chi connectivity index (χ0n) is 13.6. The minimum Gasteiger partial charge on any atom is -0.481 e. The van der Waals surface area contributed by atoms with Gasteiger partial charge in [-0.25, -0.2) is 0 Å². The quantitative estimate of drug-likeness (QED) is 0.811. The molecule has 2 saturated carbocycles. The van der Waals surface area contributed by atoms with Gasteiger partial charge >= 0.3 is 5.97 Å². The summed E-state index contributed by atoms with van der Waals surface area (Å²) in [5, 5.41) is 16.9. The summed E-state index contributed by atoms with van der Waals surface area (Å²) in [6, 6.07) is 2.43. The van der Waals surface area contributed by atoms with Crippen molar-refractivity contribution in [3.63, 3.8) is 0 Å². The number of nitrogens with zero attached hydrogens (tertiary/aromatic N) is 2. The van der Waals surface area contributed by atoms with Gasteiger partial charge in [0.1, 0.15) is 0 Å². The Morgan fingerprint density at radius 3 is 2.62 bits per heavy atom. The van der Waals surface area contributed by atoms with E-state index in [1.54, 1.807) is 0 Å². The molecular weight excluding hydrogens is 306 g/mol. The number of hydrogen-bond acceptors (Lipinski definition) is 3. The number of nitrogens with one attached hydrogen (secondary N) is 1. The summed E-state index contributed by atoms with van der Waals surface area (Å²) in [4.78, 5) is 24.0. The predicted molar refractivity (Wildman–Crippen MR) is 86.9 cm³/mol. The Morgan fingerprint density at radius 2 is 1.92 bits per heavy atom. The summed E-state index contributed by atoms with van der Waals surface area (Å²) in [6.07, 6.45) is 11.6. The van der Waals surface area contributed by atoms with Crippen LogP contribution in [0.2, 0.25) is 0 Å². The number of carbonyl (C=O) groups is 2. The van der Waals surface area contributed by atoms with Crippen molar-refractivity contribution in [2.45, 2.75) is 44.7 Å². The van der Waals surface area contributed by atoms with Crippen LogP contribution in [0, 0.1) is 23.7 Å². The molecule has 1 amide bonds. The number of carboxylic acids is 1. The average Bonchev–Trinajstić information content (AvgIpc) is 3.35. The van der Waals surface area contributed by atoms with Gasteiger partial charge in [0.2, 0.25) is 5.91 Å². The van der Waals surface area contributed by atoms with Crippen LogP contribution in [0.1, 0.15) is 43.8 Å². The van der Waals surface area contributed by atoms with Crippen LogP contribution in [0.25, 0.3) is 0 Å². The molecule has 1 heterocycles. The van der Waals surface area contributed by atoms with Gasteiger partial charge in [0.05, 0.1) is 30.1 Å². The molecule has 2 fully saturated rings. The molecule has 1 aromatic heterocycles. The topological polar surface area (TPSA) is 84.2 Å². The van der Waals surface area contributed by atoms with E-state index in [1.807, 2.05) is 29.1 Å². The lowest BCUT2D eigenvalue weighted by atomic mass is 9.82. The minimum absolute atomic E-state index is 0.00447. The molecule has 3 aliphatic carbocycles. The van der Waals surface area contributed by atoms with Gasteiger partial charge in [-0.05, 0) is 37.2 Å². The van der Waals surface area contributed by atoms with Crippen molar-refractivity contribution < 1.29 is 14.7 Å². The third kappa shape index (κ3) is 2.64. The van der Waals surface area contributed by atoms with Gasteiger partial charge in [0.15, 0.2) is 0 Å². The van der Waals surface area contributed by atoms with E-state index < -0.39 is 17.8 Å². The summed E-state index contributed by atoms with van der Waals surface area (Å²) >= 11 is 0. The van der Waals surface area contributed by atoms with E-state index in [0.29, 0.717) is 12.6 Å². The van der Waals surface area contributed by atoms with Gasteiger partial charge < -0.3 is 10.4 Å². The van der Waals surface area contributed by atoms with Crippen molar-refractivity contribution in [3.05, 3.63) is 30.1 Å². The highest BCUT2D eigenvalue weighted by Gasteiger charge is 2.51. The number of amides is 1. The van der Waals surface area contributed by atoms with E-state index >= 15 is 0 Å². The van der Waals surface area contributed by atoms with E-state index in [-0.39, 0.29) is 17.7 Å². The Labute approximate surface area is 140 Å². The minimum atomic E-state index is -0.863. The normalized spacial score (nSPS) is 31.7. The van der Waals surface area contributed by atoms with Crippen LogP contribution in [0.15, 0.2) is 24.4 Å². The molecule has 0 spiro atoms. The van der Waals surface area contributed by atoms with Crippen molar-refractivity contribution in [1.29, 1.82) is 0 Å². The number of carbonyl (C=O) groups excluding carboxylic acids is 1. The van der Waals surface area contributed by atoms with Crippen molar-refractivity contribution in [1.82, 2.24) is 15.1 Å². The Morgan fingerprint density at radius 1 is 1.21 bits per heavy atom. The number of fused-ring (bicyclic) bond motifs is 2. The highest BCUT2D eigenvalue weighted by molar-refractivity contribution is 5.86. The molecular formula is C18H23N3O3. The monoisotopic (exact) mass is 329 g/mol. The molecule has 0 aliphatic heterocycles. The van der Waals surface area contributed by atoms with Gasteiger partial charge in [-0.1, -0.05) is 25.0 Å². The molecule has 0 aromatic carbocycles. The Hall–Kier alpha value is -2.11. The number of rotatable bonds is 5. The van der Waals surface area contributed by atoms with Crippen molar-refractivity contribution in [3.8, 4) is 0 Å². The fourth-order valence-corrected chi connectivity index (χ4v) is 4.66. The standard InChI is InChI=1S/C18H23N3O3/c22-17(15-11-5-6-12(9-11)16(15)18(23)24)19-10-13-7-8-21(20-13)14-3-1-2-4-14/h5-8,11-12,14-16H,1-4,9-10H2,(H,19,22)(H,23,24)/t11-,12-,15-,16+/m0/s1. The van der Waals surface area contributed by atoms with Crippen LogP contribution in [0.3, 0.4) is 0 Å². The fourth-order valence-electron chi connectivity index (χ4n) is 4.66. The lowest BCUT2D eigenvalue weighted by molar-refractivity contribution is -0.147. The van der Waals surface area contributed by atoms with Crippen LogP contribution in [-0.2, 0) is 16.1 Å². The van der Waals surface area contributed by atoms with E-state index in [9.17, 15) is 14.7 Å². The molecule has 0 unspecified atom stereocenters. The predicted octanol–water partition coefficient (Wildman–Crippen LogP) is 2.14. The first kappa shape index (κ1) is 15.4. The molecule has 128 valence electrons. The van der Waals surface area contributed by atoms with Crippen LogP contribution in [0.4, 0.5) is 0 Å². The largest absolute Gasteiger partial charge is 0.481 e. The van der Waals surface area contributed by atoms with Crippen LogP contribution in [-0.4, -0.2) is 26.8 Å². The van der Waals surface area contributed by atoms with Crippen LogP contribution < -0.4 is 5.32 Å². The average molecular weight is 329 g/mol. The zero-order chi connectivity index (χ0) is 16.7. The van der Waals surface area contributed by atoms with Gasteiger partial charge in [-0.15, -0.1) is 0 Å². The maximum absolute atomic E-state index is 12.5. The number of hydrogen-bond donors (Lipinski definition) is 2. The second-order valence-corrected chi connectivity index (χ2v) is 7.28. The summed E-state index contributed by atoms with van der Waals surface area (Å²) in [7, 11) is 0.